The second-order valence-corrected chi connectivity index (χ2v) is 3.71. The Morgan fingerprint density at radius 3 is 2.40 bits per heavy atom. The summed E-state index contributed by atoms with van der Waals surface area (Å²) >= 11 is 0.771. The first-order valence-electron chi connectivity index (χ1n) is 4.00. The van der Waals surface area contributed by atoms with E-state index in [0.717, 1.165) is 11.3 Å². The molecule has 0 bridgehead atoms. The van der Waals surface area contributed by atoms with E-state index in [4.69, 9.17) is 19.7 Å². The summed E-state index contributed by atoms with van der Waals surface area (Å²) in [7, 11) is 0. The summed E-state index contributed by atoms with van der Waals surface area (Å²) in [4.78, 5) is 21.4. The quantitative estimate of drug-likeness (QED) is 0.784. The molecular weight excluding hydrogens is 224 g/mol. The van der Waals surface area contributed by atoms with Crippen molar-refractivity contribution in [2.24, 2.45) is 0 Å². The Morgan fingerprint density at radius 2 is 1.80 bits per heavy atom. The Balaban J connectivity index is 2.61. The summed E-state index contributed by atoms with van der Waals surface area (Å²) in [6, 6.07) is 0. The fraction of sp³-hybridized carbons (Fsp3) is 0.250. The largest absolute Gasteiger partial charge is 0.484 e. The molecule has 0 amide bonds. The van der Waals surface area contributed by atoms with Crippen LogP contribution in [0.1, 0.15) is 20.0 Å². The number of ether oxygens (including phenoxy) is 2. The number of aromatic carboxylic acids is 2. The maximum atomic E-state index is 10.9. The predicted molar refractivity (Wildman–Crippen MR) is 49.2 cm³/mol. The third-order valence-electron chi connectivity index (χ3n) is 1.81. The number of fused-ring (bicyclic) bond motifs is 1. The van der Waals surface area contributed by atoms with E-state index in [1.165, 1.54) is 0 Å². The Labute approximate surface area is 87.7 Å². The lowest BCUT2D eigenvalue weighted by Gasteiger charge is -2.14. The van der Waals surface area contributed by atoms with Crippen molar-refractivity contribution in [3.8, 4) is 10.8 Å². The molecule has 1 aromatic rings. The molecule has 15 heavy (non-hydrogen) atoms. The van der Waals surface area contributed by atoms with Crippen LogP contribution >= 0.6 is 11.3 Å². The zero-order valence-electron chi connectivity index (χ0n) is 7.35. The Hall–Kier alpha value is -1.76. The van der Waals surface area contributed by atoms with E-state index < -0.39 is 11.9 Å². The first-order chi connectivity index (χ1) is 7.11. The van der Waals surface area contributed by atoms with E-state index in [1.807, 2.05) is 0 Å². The van der Waals surface area contributed by atoms with Crippen molar-refractivity contribution in [3.05, 3.63) is 10.4 Å². The van der Waals surface area contributed by atoms with Crippen LogP contribution in [-0.2, 0) is 0 Å². The molecule has 0 aromatic carbocycles. The fourth-order valence-corrected chi connectivity index (χ4v) is 2.20. The number of carboxylic acids is 2. The lowest BCUT2D eigenvalue weighted by molar-refractivity contribution is 0.0649. The molecule has 2 rings (SSSR count). The van der Waals surface area contributed by atoms with Gasteiger partial charge in [0.25, 0.3) is 0 Å². The third-order valence-corrected chi connectivity index (χ3v) is 2.88. The zero-order chi connectivity index (χ0) is 11.0. The van der Waals surface area contributed by atoms with Gasteiger partial charge in [0.05, 0.1) is 0 Å². The summed E-state index contributed by atoms with van der Waals surface area (Å²) in [6.45, 7) is 0.523. The van der Waals surface area contributed by atoms with Crippen molar-refractivity contribution in [1.29, 1.82) is 0 Å². The summed E-state index contributed by atoms with van der Waals surface area (Å²) in [5.74, 6) is -2.59. The highest BCUT2D eigenvalue weighted by atomic mass is 32.1. The number of carboxylic acid groups (broad SMARTS) is 2. The average Bonchev–Trinajstić information content (AvgIpc) is 2.56. The van der Waals surface area contributed by atoms with Crippen LogP contribution in [0.15, 0.2) is 0 Å². The molecule has 0 spiro atoms. The maximum absolute atomic E-state index is 10.9. The zero-order valence-corrected chi connectivity index (χ0v) is 8.17. The summed E-state index contributed by atoms with van der Waals surface area (Å²) in [6.07, 6.45) is 0. The van der Waals surface area contributed by atoms with Crippen molar-refractivity contribution < 1.29 is 29.3 Å². The predicted octanol–water partition coefficient (Wildman–Crippen LogP) is 0.916. The van der Waals surface area contributed by atoms with Gasteiger partial charge < -0.3 is 19.7 Å². The van der Waals surface area contributed by atoms with Gasteiger partial charge in [-0.25, -0.2) is 9.59 Å². The molecule has 1 aromatic heterocycles. The van der Waals surface area contributed by atoms with Crippen LogP contribution in [0.2, 0.25) is 0 Å². The Kier molecular flexibility index (Phi) is 2.24. The second kappa shape index (κ2) is 3.43. The van der Waals surface area contributed by atoms with Gasteiger partial charge in [-0.3, -0.25) is 0 Å². The van der Waals surface area contributed by atoms with Gasteiger partial charge in [-0.2, -0.15) is 0 Å². The van der Waals surface area contributed by atoms with Crippen LogP contribution in [0.4, 0.5) is 0 Å². The van der Waals surface area contributed by atoms with Crippen molar-refractivity contribution in [2.45, 2.75) is 0 Å². The van der Waals surface area contributed by atoms with Crippen molar-refractivity contribution in [3.63, 3.8) is 0 Å². The molecule has 6 nitrogen and oxygen atoms in total. The third kappa shape index (κ3) is 1.50. The van der Waals surface area contributed by atoms with Crippen LogP contribution in [0.25, 0.3) is 0 Å². The molecule has 1 aliphatic rings. The van der Waals surface area contributed by atoms with Crippen LogP contribution < -0.4 is 9.47 Å². The van der Waals surface area contributed by atoms with Crippen LogP contribution in [0.3, 0.4) is 0 Å². The fourth-order valence-electron chi connectivity index (χ4n) is 1.24. The number of hydrogen-bond acceptors (Lipinski definition) is 5. The molecule has 7 heteroatoms. The Bertz CT molecular complexity index is 435. The van der Waals surface area contributed by atoms with Gasteiger partial charge in [-0.1, -0.05) is 11.3 Å². The monoisotopic (exact) mass is 230 g/mol. The summed E-state index contributed by atoms with van der Waals surface area (Å²) < 4.78 is 10.2. The van der Waals surface area contributed by atoms with Gasteiger partial charge in [0, 0.05) is 0 Å². The highest BCUT2D eigenvalue weighted by molar-refractivity contribution is 7.16. The normalized spacial score (nSPS) is 13.6. The van der Waals surface area contributed by atoms with E-state index in [0.29, 0.717) is 6.61 Å². The molecule has 0 saturated carbocycles. The molecule has 2 N–H and O–H groups in total. The second-order valence-electron chi connectivity index (χ2n) is 2.73. The number of thiophene rings is 1. The van der Waals surface area contributed by atoms with Crippen LogP contribution in [0, 0.1) is 0 Å². The molecule has 0 atom stereocenters. The summed E-state index contributed by atoms with van der Waals surface area (Å²) in [5.41, 5.74) is -0.331. The maximum Gasteiger partial charge on any atom is 0.347 e. The highest BCUT2D eigenvalue weighted by Gasteiger charge is 2.31. The van der Waals surface area contributed by atoms with E-state index in [1.54, 1.807) is 0 Å². The minimum atomic E-state index is -1.32. The van der Waals surface area contributed by atoms with Gasteiger partial charge in [0.15, 0.2) is 5.75 Å². The summed E-state index contributed by atoms with van der Waals surface area (Å²) in [5, 5.41) is 17.9. The minimum absolute atomic E-state index is 0.0242. The van der Waals surface area contributed by atoms with Gasteiger partial charge in [-0.05, 0) is 0 Å². The molecule has 0 aliphatic carbocycles. The van der Waals surface area contributed by atoms with Gasteiger partial charge in [-0.15, -0.1) is 0 Å². The average molecular weight is 230 g/mol. The molecule has 1 aliphatic heterocycles. The lowest BCUT2D eigenvalue weighted by Crippen LogP contribution is -2.15. The minimum Gasteiger partial charge on any atom is -0.484 e. The van der Waals surface area contributed by atoms with Gasteiger partial charge in [0.2, 0.25) is 5.06 Å². The van der Waals surface area contributed by atoms with E-state index in [9.17, 15) is 9.59 Å². The molecule has 0 saturated heterocycles. The highest BCUT2D eigenvalue weighted by Crippen LogP contribution is 2.43. The van der Waals surface area contributed by atoms with Crippen LogP contribution in [0.5, 0.6) is 10.8 Å². The first-order valence-corrected chi connectivity index (χ1v) is 4.82. The first kappa shape index (κ1) is 9.78. The van der Waals surface area contributed by atoms with E-state index in [2.05, 4.69) is 0 Å². The molecule has 0 radical (unpaired) electrons. The van der Waals surface area contributed by atoms with Crippen molar-refractivity contribution >= 4 is 23.3 Å². The smallest absolute Gasteiger partial charge is 0.347 e. The number of carbonyl (C=O) groups is 2. The van der Waals surface area contributed by atoms with Crippen LogP contribution in [-0.4, -0.2) is 35.4 Å². The molecular formula is C8H6O6S. The lowest BCUT2D eigenvalue weighted by atomic mass is 10.2. The molecule has 2 heterocycles. The molecule has 0 fully saturated rings. The molecule has 80 valence electrons. The van der Waals surface area contributed by atoms with E-state index >= 15 is 0 Å². The topological polar surface area (TPSA) is 93.1 Å². The van der Waals surface area contributed by atoms with Gasteiger partial charge >= 0.3 is 11.9 Å². The van der Waals surface area contributed by atoms with Crippen molar-refractivity contribution in [1.82, 2.24) is 0 Å². The SMILES string of the molecule is O=C(O)c1sc2c(c1C(=O)O)OCCO2. The number of rotatable bonds is 2. The van der Waals surface area contributed by atoms with Crippen molar-refractivity contribution in [2.75, 3.05) is 13.2 Å². The number of hydrogen-bond donors (Lipinski definition) is 2. The molecule has 0 unspecified atom stereocenters. The standard InChI is InChI=1S/C8H6O6S/c9-6(10)3-4-8(14-2-1-13-4)15-5(3)7(11)12/h1-2H2,(H,9,10)(H,11,12). The Morgan fingerprint density at radius 1 is 1.13 bits per heavy atom. The van der Waals surface area contributed by atoms with Gasteiger partial charge in [0.1, 0.15) is 23.7 Å². The van der Waals surface area contributed by atoms with E-state index in [-0.39, 0.29) is 27.9 Å².